The second kappa shape index (κ2) is 7.04. The first-order valence-corrected chi connectivity index (χ1v) is 11.0. The van der Waals surface area contributed by atoms with Crippen LogP contribution in [0.2, 0.25) is 5.02 Å². The van der Waals surface area contributed by atoms with E-state index in [2.05, 4.69) is 29.6 Å². The Morgan fingerprint density at radius 2 is 1.83 bits per heavy atom. The fraction of sp³-hybridized carbons (Fsp3) is 0.125. The molecule has 0 radical (unpaired) electrons. The zero-order chi connectivity index (χ0) is 20.1. The average Bonchev–Trinajstić information content (AvgIpc) is 3.54. The molecular formula is C24H17ClN2O2S. The first-order valence-electron chi connectivity index (χ1n) is 9.77. The van der Waals surface area contributed by atoms with Gasteiger partial charge >= 0.3 is 0 Å². The fourth-order valence-electron chi connectivity index (χ4n) is 4.07. The van der Waals surface area contributed by atoms with Crippen molar-refractivity contribution < 1.29 is 9.15 Å². The fourth-order valence-corrected chi connectivity index (χ4v) is 4.92. The summed E-state index contributed by atoms with van der Waals surface area (Å²) in [6, 6.07) is 24.1. The lowest BCUT2D eigenvalue weighted by atomic mass is 9.98. The highest BCUT2D eigenvalue weighted by Crippen LogP contribution is 2.48. The first kappa shape index (κ1) is 17.8. The highest BCUT2D eigenvalue weighted by molar-refractivity contribution is 7.12. The van der Waals surface area contributed by atoms with Crippen molar-refractivity contribution in [3.63, 3.8) is 0 Å². The van der Waals surface area contributed by atoms with Crippen molar-refractivity contribution >= 4 is 28.6 Å². The largest absolute Gasteiger partial charge is 0.461 e. The van der Waals surface area contributed by atoms with Crippen LogP contribution in [0.3, 0.4) is 0 Å². The van der Waals surface area contributed by atoms with Crippen LogP contribution in [0.15, 0.2) is 87.7 Å². The SMILES string of the molecule is Clc1ccc(-c2ccc([C@@H]3Oc4ccccc4[C@H]4CC(c5cccs5)=NN43)o2)cc1. The summed E-state index contributed by atoms with van der Waals surface area (Å²) in [6.45, 7) is 0. The van der Waals surface area contributed by atoms with Crippen molar-refractivity contribution in [3.8, 4) is 17.1 Å². The van der Waals surface area contributed by atoms with Gasteiger partial charge in [-0.05, 0) is 53.9 Å². The summed E-state index contributed by atoms with van der Waals surface area (Å²) in [4.78, 5) is 1.20. The van der Waals surface area contributed by atoms with Gasteiger partial charge in [0.1, 0.15) is 11.5 Å². The Hall–Kier alpha value is -3.02. The van der Waals surface area contributed by atoms with Gasteiger partial charge in [-0.2, -0.15) is 5.10 Å². The van der Waals surface area contributed by atoms with Crippen LogP contribution in [0.5, 0.6) is 5.75 Å². The highest BCUT2D eigenvalue weighted by Gasteiger charge is 2.42. The van der Waals surface area contributed by atoms with Gasteiger partial charge in [-0.1, -0.05) is 35.9 Å². The lowest BCUT2D eigenvalue weighted by Crippen LogP contribution is -2.33. The molecule has 0 aliphatic carbocycles. The van der Waals surface area contributed by atoms with E-state index >= 15 is 0 Å². The minimum atomic E-state index is -0.414. The standard InChI is InChI=1S/C24H17ClN2O2S/c25-16-9-7-15(8-10-16)20-11-12-22(28-20)24-27-19(17-4-1-2-5-21(17)29-24)14-18(26-27)23-6-3-13-30-23/h1-13,19,24H,14H2/t19-,24+/m1/s1. The van der Waals surface area contributed by atoms with E-state index in [0.717, 1.165) is 40.5 Å². The minimum Gasteiger partial charge on any atom is -0.461 e. The van der Waals surface area contributed by atoms with E-state index in [4.69, 9.17) is 25.9 Å². The average molecular weight is 433 g/mol. The van der Waals surface area contributed by atoms with Gasteiger partial charge in [0.05, 0.1) is 16.6 Å². The number of rotatable bonds is 3. The molecule has 2 aliphatic heterocycles. The molecule has 6 rings (SSSR count). The van der Waals surface area contributed by atoms with Crippen LogP contribution in [0.1, 0.15) is 34.9 Å². The van der Waals surface area contributed by atoms with Crippen molar-refractivity contribution in [2.24, 2.45) is 5.10 Å². The molecule has 0 N–H and O–H groups in total. The topological polar surface area (TPSA) is 38.0 Å². The predicted octanol–water partition coefficient (Wildman–Crippen LogP) is 6.90. The molecule has 2 aromatic carbocycles. The number of para-hydroxylation sites is 1. The third kappa shape index (κ3) is 2.93. The molecule has 0 bridgehead atoms. The molecule has 2 atom stereocenters. The predicted molar refractivity (Wildman–Crippen MR) is 119 cm³/mol. The Labute approximate surface area is 183 Å². The molecular weight excluding hydrogens is 416 g/mol. The number of benzene rings is 2. The van der Waals surface area contributed by atoms with E-state index in [1.165, 1.54) is 4.88 Å². The van der Waals surface area contributed by atoms with Crippen molar-refractivity contribution in [2.75, 3.05) is 0 Å². The molecule has 0 fully saturated rings. The zero-order valence-corrected chi connectivity index (χ0v) is 17.4. The Kier molecular flexibility index (Phi) is 4.18. The number of hydrogen-bond acceptors (Lipinski definition) is 5. The quantitative estimate of drug-likeness (QED) is 0.353. The van der Waals surface area contributed by atoms with Crippen LogP contribution >= 0.6 is 22.9 Å². The van der Waals surface area contributed by atoms with Crippen molar-refractivity contribution in [3.05, 3.63) is 99.4 Å². The molecule has 0 amide bonds. The van der Waals surface area contributed by atoms with E-state index in [9.17, 15) is 0 Å². The molecule has 4 nitrogen and oxygen atoms in total. The molecule has 4 heterocycles. The molecule has 0 unspecified atom stereocenters. The van der Waals surface area contributed by atoms with Gasteiger partial charge in [0.2, 0.25) is 6.23 Å². The van der Waals surface area contributed by atoms with Gasteiger partial charge in [0.25, 0.3) is 0 Å². The third-order valence-electron chi connectivity index (χ3n) is 5.50. The number of ether oxygens (including phenoxy) is 1. The summed E-state index contributed by atoms with van der Waals surface area (Å²) in [7, 11) is 0. The second-order valence-electron chi connectivity index (χ2n) is 7.34. The summed E-state index contributed by atoms with van der Waals surface area (Å²) >= 11 is 7.73. The summed E-state index contributed by atoms with van der Waals surface area (Å²) in [6.07, 6.45) is 0.436. The van der Waals surface area contributed by atoms with Gasteiger partial charge in [-0.15, -0.1) is 11.3 Å². The van der Waals surface area contributed by atoms with Gasteiger partial charge in [-0.25, -0.2) is 5.01 Å². The number of halogens is 1. The van der Waals surface area contributed by atoms with E-state index in [1.54, 1.807) is 11.3 Å². The Balaban J connectivity index is 1.40. The van der Waals surface area contributed by atoms with Crippen molar-refractivity contribution in [1.29, 1.82) is 0 Å². The first-order chi connectivity index (χ1) is 14.8. The number of furan rings is 1. The van der Waals surface area contributed by atoms with E-state index < -0.39 is 6.23 Å². The molecule has 148 valence electrons. The van der Waals surface area contributed by atoms with Crippen molar-refractivity contribution in [1.82, 2.24) is 5.01 Å². The molecule has 0 saturated heterocycles. The van der Waals surface area contributed by atoms with Crippen LogP contribution in [0.4, 0.5) is 0 Å². The van der Waals surface area contributed by atoms with Gasteiger partial charge in [0.15, 0.2) is 5.76 Å². The van der Waals surface area contributed by atoms with Crippen LogP contribution in [-0.4, -0.2) is 10.7 Å². The zero-order valence-electron chi connectivity index (χ0n) is 15.9. The van der Waals surface area contributed by atoms with Crippen LogP contribution in [-0.2, 0) is 0 Å². The summed E-state index contributed by atoms with van der Waals surface area (Å²) in [5.74, 6) is 2.40. The van der Waals surface area contributed by atoms with Gasteiger partial charge in [0, 0.05) is 22.6 Å². The second-order valence-corrected chi connectivity index (χ2v) is 8.73. The monoisotopic (exact) mass is 432 g/mol. The molecule has 30 heavy (non-hydrogen) atoms. The Bertz CT molecular complexity index is 1230. The molecule has 2 aromatic heterocycles. The summed E-state index contributed by atoms with van der Waals surface area (Å²) < 4.78 is 12.6. The Morgan fingerprint density at radius 3 is 2.67 bits per heavy atom. The van der Waals surface area contributed by atoms with Gasteiger partial charge < -0.3 is 9.15 Å². The molecule has 4 aromatic rings. The molecule has 2 aliphatic rings. The van der Waals surface area contributed by atoms with Crippen molar-refractivity contribution in [2.45, 2.75) is 18.7 Å². The lowest BCUT2D eigenvalue weighted by Gasteiger charge is -2.36. The normalized spacial score (nSPS) is 19.8. The molecule has 0 spiro atoms. The number of hydrazone groups is 1. The maximum Gasteiger partial charge on any atom is 0.246 e. The van der Waals surface area contributed by atoms with Crippen LogP contribution in [0, 0.1) is 0 Å². The summed E-state index contributed by atoms with van der Waals surface area (Å²) in [5.41, 5.74) is 3.22. The lowest BCUT2D eigenvalue weighted by molar-refractivity contribution is -0.0321. The number of thiophene rings is 1. The molecule has 6 heteroatoms. The van der Waals surface area contributed by atoms with E-state index in [0.29, 0.717) is 5.02 Å². The maximum absolute atomic E-state index is 6.37. The number of nitrogens with zero attached hydrogens (tertiary/aromatic N) is 2. The number of hydrogen-bond donors (Lipinski definition) is 0. The van der Waals surface area contributed by atoms with Gasteiger partial charge in [-0.3, -0.25) is 0 Å². The Morgan fingerprint density at radius 1 is 0.967 bits per heavy atom. The van der Waals surface area contributed by atoms with E-state index in [1.807, 2.05) is 53.5 Å². The summed E-state index contributed by atoms with van der Waals surface area (Å²) in [5, 5.41) is 9.79. The third-order valence-corrected chi connectivity index (χ3v) is 6.67. The smallest absolute Gasteiger partial charge is 0.246 e. The maximum atomic E-state index is 6.37. The minimum absolute atomic E-state index is 0.126. The van der Waals surface area contributed by atoms with E-state index in [-0.39, 0.29) is 6.04 Å². The van der Waals surface area contributed by atoms with Crippen LogP contribution in [0.25, 0.3) is 11.3 Å². The highest BCUT2D eigenvalue weighted by atomic mass is 35.5. The number of fused-ring (bicyclic) bond motifs is 3. The van der Waals surface area contributed by atoms with Crippen LogP contribution < -0.4 is 4.74 Å². The molecule has 0 saturated carbocycles.